The second-order valence-corrected chi connectivity index (χ2v) is 4.93. The molecule has 0 spiro atoms. The molecule has 0 saturated carbocycles. The zero-order valence-corrected chi connectivity index (χ0v) is 11.4. The average molecular weight is 272 g/mol. The monoisotopic (exact) mass is 271 g/mol. The first-order chi connectivity index (χ1) is 9.25. The number of fused-ring (bicyclic) bond motifs is 1. The fraction of sp³-hybridized carbons (Fsp3) is 0.125. The van der Waals surface area contributed by atoms with Gasteiger partial charge in [0, 0.05) is 28.2 Å². The highest BCUT2D eigenvalue weighted by Gasteiger charge is 2.06. The highest BCUT2D eigenvalue weighted by Crippen LogP contribution is 2.25. The lowest BCUT2D eigenvalue weighted by Gasteiger charge is -2.09. The lowest BCUT2D eigenvalue weighted by atomic mass is 10.1. The van der Waals surface area contributed by atoms with Crippen LogP contribution < -0.4 is 5.32 Å². The summed E-state index contributed by atoms with van der Waals surface area (Å²) in [7, 11) is 0. The van der Waals surface area contributed by atoms with E-state index in [0.29, 0.717) is 0 Å². The van der Waals surface area contributed by atoms with E-state index in [1.54, 1.807) is 6.26 Å². The van der Waals surface area contributed by atoms with Gasteiger partial charge >= 0.3 is 0 Å². The van der Waals surface area contributed by atoms with Gasteiger partial charge in [-0.25, -0.2) is 0 Å². The van der Waals surface area contributed by atoms with Crippen molar-refractivity contribution in [1.29, 1.82) is 0 Å². The Hall–Kier alpha value is -1.93. The average Bonchev–Trinajstić information content (AvgIpc) is 2.84. The van der Waals surface area contributed by atoms with E-state index < -0.39 is 0 Å². The molecule has 2 nitrogen and oxygen atoms in total. The van der Waals surface area contributed by atoms with Crippen molar-refractivity contribution in [3.8, 4) is 0 Å². The van der Waals surface area contributed by atoms with E-state index in [1.165, 1.54) is 0 Å². The van der Waals surface area contributed by atoms with Crippen molar-refractivity contribution < 1.29 is 4.42 Å². The first-order valence-corrected chi connectivity index (χ1v) is 6.57. The minimum absolute atomic E-state index is 0.720. The molecule has 2 aromatic carbocycles. The minimum atomic E-state index is 0.720. The standard InChI is InChI=1S/C16H14ClNO/c1-11-14(17)6-4-7-15(11)18-9-12-10-19-16-8-3-2-5-13(12)16/h2-8,10,18H,9H2,1H3. The topological polar surface area (TPSA) is 25.2 Å². The molecular formula is C16H14ClNO. The van der Waals surface area contributed by atoms with E-state index in [1.807, 2.05) is 43.3 Å². The Morgan fingerprint density at radius 3 is 2.84 bits per heavy atom. The summed E-state index contributed by atoms with van der Waals surface area (Å²) in [4.78, 5) is 0. The lowest BCUT2D eigenvalue weighted by molar-refractivity contribution is 0.611. The van der Waals surface area contributed by atoms with Crippen molar-refractivity contribution in [2.75, 3.05) is 5.32 Å². The van der Waals surface area contributed by atoms with Crippen molar-refractivity contribution >= 4 is 28.3 Å². The summed E-state index contributed by atoms with van der Waals surface area (Å²) >= 11 is 6.11. The van der Waals surface area contributed by atoms with Gasteiger partial charge in [0.1, 0.15) is 5.58 Å². The molecule has 0 aliphatic carbocycles. The van der Waals surface area contributed by atoms with E-state index >= 15 is 0 Å². The zero-order valence-electron chi connectivity index (χ0n) is 10.6. The number of benzene rings is 2. The number of rotatable bonds is 3. The molecule has 1 N–H and O–H groups in total. The van der Waals surface area contributed by atoms with Crippen molar-refractivity contribution in [1.82, 2.24) is 0 Å². The summed E-state index contributed by atoms with van der Waals surface area (Å²) in [5, 5.41) is 5.33. The maximum atomic E-state index is 6.11. The lowest BCUT2D eigenvalue weighted by Crippen LogP contribution is -2.00. The van der Waals surface area contributed by atoms with Crippen LogP contribution in [-0.4, -0.2) is 0 Å². The van der Waals surface area contributed by atoms with Crippen molar-refractivity contribution in [3.63, 3.8) is 0 Å². The summed E-state index contributed by atoms with van der Waals surface area (Å²) in [6.07, 6.45) is 1.80. The summed E-state index contributed by atoms with van der Waals surface area (Å²) in [5.74, 6) is 0. The van der Waals surface area contributed by atoms with Crippen LogP contribution >= 0.6 is 11.6 Å². The molecule has 96 valence electrons. The van der Waals surface area contributed by atoms with Gasteiger partial charge in [0.15, 0.2) is 0 Å². The van der Waals surface area contributed by atoms with E-state index in [4.69, 9.17) is 16.0 Å². The van der Waals surface area contributed by atoms with Crippen LogP contribution in [0.25, 0.3) is 11.0 Å². The van der Waals surface area contributed by atoms with Crippen LogP contribution in [0.4, 0.5) is 5.69 Å². The van der Waals surface area contributed by atoms with Crippen LogP contribution in [0, 0.1) is 6.92 Å². The highest BCUT2D eigenvalue weighted by molar-refractivity contribution is 6.31. The van der Waals surface area contributed by atoms with Crippen LogP contribution in [0.3, 0.4) is 0 Å². The first-order valence-electron chi connectivity index (χ1n) is 6.20. The van der Waals surface area contributed by atoms with E-state index in [0.717, 1.165) is 39.4 Å². The Balaban J connectivity index is 1.84. The predicted molar refractivity (Wildman–Crippen MR) is 79.7 cm³/mol. The number of hydrogen-bond acceptors (Lipinski definition) is 2. The molecule has 3 heteroatoms. The molecule has 3 aromatic rings. The van der Waals surface area contributed by atoms with Crippen LogP contribution in [-0.2, 0) is 6.54 Å². The Bertz CT molecular complexity index is 718. The van der Waals surface area contributed by atoms with Crippen molar-refractivity contribution in [2.24, 2.45) is 0 Å². The second-order valence-electron chi connectivity index (χ2n) is 4.52. The maximum absolute atomic E-state index is 6.11. The molecule has 1 aromatic heterocycles. The van der Waals surface area contributed by atoms with Gasteiger partial charge in [-0.2, -0.15) is 0 Å². The third-order valence-electron chi connectivity index (χ3n) is 3.30. The van der Waals surface area contributed by atoms with Crippen LogP contribution in [0.15, 0.2) is 53.1 Å². The Labute approximate surface area is 117 Å². The Morgan fingerprint density at radius 1 is 1.11 bits per heavy atom. The quantitative estimate of drug-likeness (QED) is 0.725. The number of hydrogen-bond donors (Lipinski definition) is 1. The third kappa shape index (κ3) is 2.32. The van der Waals surface area contributed by atoms with E-state index in [-0.39, 0.29) is 0 Å². The summed E-state index contributed by atoms with van der Waals surface area (Å²) in [5.41, 5.74) is 4.19. The predicted octanol–water partition coefficient (Wildman–Crippen LogP) is 5.01. The summed E-state index contributed by atoms with van der Waals surface area (Å²) < 4.78 is 5.53. The molecule has 0 aliphatic heterocycles. The second kappa shape index (κ2) is 4.98. The van der Waals surface area contributed by atoms with Crippen LogP contribution in [0.1, 0.15) is 11.1 Å². The first kappa shape index (κ1) is 12.1. The van der Waals surface area contributed by atoms with Crippen LogP contribution in [0.2, 0.25) is 5.02 Å². The molecule has 0 saturated heterocycles. The molecule has 0 amide bonds. The summed E-state index contributed by atoms with van der Waals surface area (Å²) in [6.45, 7) is 2.73. The van der Waals surface area contributed by atoms with Gasteiger partial charge in [-0.05, 0) is 30.7 Å². The van der Waals surface area contributed by atoms with Gasteiger partial charge < -0.3 is 9.73 Å². The van der Waals surface area contributed by atoms with Gasteiger partial charge in [0.05, 0.1) is 6.26 Å². The van der Waals surface area contributed by atoms with Crippen molar-refractivity contribution in [2.45, 2.75) is 13.5 Å². The van der Waals surface area contributed by atoms with Gasteiger partial charge in [0.2, 0.25) is 0 Å². The van der Waals surface area contributed by atoms with Gasteiger partial charge in [-0.1, -0.05) is 35.9 Å². The number of furan rings is 1. The Morgan fingerprint density at radius 2 is 1.95 bits per heavy atom. The Kier molecular flexibility index (Phi) is 3.18. The molecule has 0 unspecified atom stereocenters. The minimum Gasteiger partial charge on any atom is -0.464 e. The SMILES string of the molecule is Cc1c(Cl)cccc1NCc1coc2ccccc12. The number of para-hydroxylation sites is 1. The molecule has 0 radical (unpaired) electrons. The fourth-order valence-corrected chi connectivity index (χ4v) is 2.33. The molecule has 1 heterocycles. The van der Waals surface area contributed by atoms with Crippen LogP contribution in [0.5, 0.6) is 0 Å². The molecule has 19 heavy (non-hydrogen) atoms. The van der Waals surface area contributed by atoms with E-state index in [9.17, 15) is 0 Å². The molecule has 3 rings (SSSR count). The smallest absolute Gasteiger partial charge is 0.134 e. The molecule has 0 aliphatic rings. The normalized spacial score (nSPS) is 10.8. The van der Waals surface area contributed by atoms with Gasteiger partial charge in [-0.15, -0.1) is 0 Å². The van der Waals surface area contributed by atoms with Crippen molar-refractivity contribution in [3.05, 3.63) is 64.9 Å². The van der Waals surface area contributed by atoms with E-state index in [2.05, 4.69) is 11.4 Å². The number of nitrogens with one attached hydrogen (secondary N) is 1. The molecule has 0 fully saturated rings. The summed E-state index contributed by atoms with van der Waals surface area (Å²) in [6, 6.07) is 13.9. The molecule has 0 bridgehead atoms. The largest absolute Gasteiger partial charge is 0.464 e. The maximum Gasteiger partial charge on any atom is 0.134 e. The molecule has 0 atom stereocenters. The zero-order chi connectivity index (χ0) is 13.2. The number of anilines is 1. The molecular weight excluding hydrogens is 258 g/mol. The fourth-order valence-electron chi connectivity index (χ4n) is 2.16. The highest BCUT2D eigenvalue weighted by atomic mass is 35.5. The third-order valence-corrected chi connectivity index (χ3v) is 3.71. The van der Waals surface area contributed by atoms with Gasteiger partial charge in [0.25, 0.3) is 0 Å². The van der Waals surface area contributed by atoms with Gasteiger partial charge in [-0.3, -0.25) is 0 Å². The number of halogens is 1.